The number of Topliss-reactive ketones (excluding diaryl/α,β-unsaturated/α-hetero) is 1. The molecule has 3 aromatic rings. The van der Waals surface area contributed by atoms with Gasteiger partial charge in [-0.05, 0) is 61.9 Å². The lowest BCUT2D eigenvalue weighted by molar-refractivity contribution is 0.0806. The Labute approximate surface area is 169 Å². The van der Waals surface area contributed by atoms with E-state index in [-0.39, 0.29) is 11.7 Å². The number of benzene rings is 1. The van der Waals surface area contributed by atoms with Crippen LogP contribution in [0.15, 0.2) is 60.9 Å². The van der Waals surface area contributed by atoms with Crippen molar-refractivity contribution >= 4 is 5.78 Å². The third-order valence-electron chi connectivity index (χ3n) is 5.42. The predicted octanol–water partition coefficient (Wildman–Crippen LogP) is 4.11. The van der Waals surface area contributed by atoms with Crippen LogP contribution in [-0.2, 0) is 6.54 Å². The molecule has 3 heterocycles. The van der Waals surface area contributed by atoms with Crippen molar-refractivity contribution in [3.63, 3.8) is 0 Å². The number of ketones is 1. The fraction of sp³-hybridized carbons (Fsp3) is 0.304. The molecule has 1 fully saturated rings. The zero-order valence-corrected chi connectivity index (χ0v) is 16.4. The molecule has 0 bridgehead atoms. The van der Waals surface area contributed by atoms with Crippen molar-refractivity contribution in [3.8, 4) is 11.6 Å². The van der Waals surface area contributed by atoms with Crippen molar-refractivity contribution in [2.45, 2.75) is 19.4 Å². The molecule has 150 valence electrons. The molecule has 0 spiro atoms. The fourth-order valence-electron chi connectivity index (χ4n) is 4.00. The van der Waals surface area contributed by atoms with Gasteiger partial charge >= 0.3 is 0 Å². The summed E-state index contributed by atoms with van der Waals surface area (Å²) in [4.78, 5) is 19.8. The number of methoxy groups -OCH3 is 1. The van der Waals surface area contributed by atoms with Crippen LogP contribution in [-0.4, -0.2) is 40.4 Å². The van der Waals surface area contributed by atoms with Gasteiger partial charge in [0.2, 0.25) is 0 Å². The van der Waals surface area contributed by atoms with E-state index >= 15 is 0 Å². The third-order valence-corrected chi connectivity index (χ3v) is 5.42. The second-order valence-corrected chi connectivity index (χ2v) is 7.34. The van der Waals surface area contributed by atoms with Crippen LogP contribution in [0.25, 0.3) is 5.82 Å². The Balaban J connectivity index is 1.49. The van der Waals surface area contributed by atoms with Crippen LogP contribution in [0.4, 0.5) is 4.39 Å². The number of likely N-dealkylation sites (tertiary alicyclic amines) is 1. The van der Waals surface area contributed by atoms with Crippen molar-refractivity contribution in [1.29, 1.82) is 0 Å². The lowest BCUT2D eigenvalue weighted by atomic mass is 9.89. The van der Waals surface area contributed by atoms with Gasteiger partial charge in [0, 0.05) is 37.1 Å². The van der Waals surface area contributed by atoms with E-state index in [2.05, 4.69) is 20.5 Å². The molecule has 0 amide bonds. The molecule has 29 heavy (non-hydrogen) atoms. The lowest BCUT2D eigenvalue weighted by Gasteiger charge is -2.32. The summed E-state index contributed by atoms with van der Waals surface area (Å²) in [6.07, 6.45) is 5.51. The molecule has 0 unspecified atom stereocenters. The first-order chi connectivity index (χ1) is 14.2. The van der Waals surface area contributed by atoms with Crippen molar-refractivity contribution in [2.24, 2.45) is 5.92 Å². The second-order valence-electron chi connectivity index (χ2n) is 7.34. The minimum Gasteiger partial charge on any atom is -0.496 e. The highest BCUT2D eigenvalue weighted by atomic mass is 19.1. The standard InChI is InChI=1S/C23H24FN3O2/c1-29-21-10-9-18(24)14-20(21)23(28)17-6-4-12-26(15-17)16-19-7-5-13-27(19)22-8-2-3-11-25-22/h2-3,5,7-11,13-14,17H,4,6,12,15-16H2,1H3/t17-/m1/s1. The van der Waals surface area contributed by atoms with Crippen LogP contribution in [0.2, 0.25) is 0 Å². The molecule has 0 saturated carbocycles. The Kier molecular flexibility index (Phi) is 5.71. The van der Waals surface area contributed by atoms with Crippen LogP contribution in [0.3, 0.4) is 0 Å². The Bertz CT molecular complexity index is 987. The highest BCUT2D eigenvalue weighted by Gasteiger charge is 2.29. The van der Waals surface area contributed by atoms with Crippen molar-refractivity contribution < 1.29 is 13.9 Å². The molecule has 4 rings (SSSR count). The average Bonchev–Trinajstić information content (AvgIpc) is 3.22. The third kappa shape index (κ3) is 4.22. The van der Waals surface area contributed by atoms with E-state index < -0.39 is 5.82 Å². The SMILES string of the molecule is COc1ccc(F)cc1C(=O)[C@@H]1CCCN(Cc2cccn2-c2ccccn2)C1. The van der Waals surface area contributed by atoms with Crippen molar-refractivity contribution in [3.05, 3.63) is 78.0 Å². The van der Waals surface area contributed by atoms with Crippen molar-refractivity contribution in [2.75, 3.05) is 20.2 Å². The Morgan fingerprint density at radius 2 is 2.14 bits per heavy atom. The van der Waals surface area contributed by atoms with Gasteiger partial charge in [0.1, 0.15) is 17.4 Å². The molecule has 6 heteroatoms. The van der Waals surface area contributed by atoms with E-state index in [1.54, 1.807) is 6.20 Å². The molecule has 0 N–H and O–H groups in total. The van der Waals surface area contributed by atoms with Gasteiger partial charge in [-0.25, -0.2) is 9.37 Å². The predicted molar refractivity (Wildman–Crippen MR) is 109 cm³/mol. The molecule has 1 aliphatic heterocycles. The molecule has 1 aromatic carbocycles. The number of pyridine rings is 1. The van der Waals surface area contributed by atoms with Crippen LogP contribution in [0.1, 0.15) is 28.9 Å². The average molecular weight is 393 g/mol. The first-order valence-electron chi connectivity index (χ1n) is 9.83. The molecular weight excluding hydrogens is 369 g/mol. The van der Waals surface area contributed by atoms with E-state index in [4.69, 9.17) is 4.74 Å². The Morgan fingerprint density at radius 3 is 2.93 bits per heavy atom. The zero-order chi connectivity index (χ0) is 20.2. The lowest BCUT2D eigenvalue weighted by Crippen LogP contribution is -2.38. The zero-order valence-electron chi connectivity index (χ0n) is 16.4. The maximum atomic E-state index is 13.7. The second kappa shape index (κ2) is 8.57. The van der Waals surface area contributed by atoms with Gasteiger partial charge in [-0.15, -0.1) is 0 Å². The quantitative estimate of drug-likeness (QED) is 0.591. The molecular formula is C23H24FN3O2. The largest absolute Gasteiger partial charge is 0.496 e. The summed E-state index contributed by atoms with van der Waals surface area (Å²) in [6.45, 7) is 2.30. The number of carbonyl (C=O) groups is 1. The summed E-state index contributed by atoms with van der Waals surface area (Å²) < 4.78 is 21.1. The van der Waals surface area contributed by atoms with Gasteiger partial charge in [-0.1, -0.05) is 6.07 Å². The summed E-state index contributed by atoms with van der Waals surface area (Å²) >= 11 is 0. The minimum absolute atomic E-state index is 0.0499. The van der Waals surface area contributed by atoms with E-state index in [0.717, 1.165) is 37.4 Å². The van der Waals surface area contributed by atoms with E-state index in [9.17, 15) is 9.18 Å². The Hall–Kier alpha value is -2.99. The number of nitrogens with zero attached hydrogens (tertiary/aromatic N) is 3. The summed E-state index contributed by atoms with van der Waals surface area (Å²) in [5.74, 6) is 0.665. The smallest absolute Gasteiger partial charge is 0.171 e. The molecule has 1 atom stereocenters. The van der Waals surface area contributed by atoms with Gasteiger partial charge < -0.3 is 9.30 Å². The van der Waals surface area contributed by atoms with Gasteiger partial charge in [0.15, 0.2) is 5.78 Å². The number of hydrogen-bond acceptors (Lipinski definition) is 4. The first-order valence-corrected chi connectivity index (χ1v) is 9.83. The molecule has 0 radical (unpaired) electrons. The van der Waals surface area contributed by atoms with E-state index in [1.165, 1.54) is 25.3 Å². The van der Waals surface area contributed by atoms with E-state index in [0.29, 0.717) is 17.9 Å². The topological polar surface area (TPSA) is 47.4 Å². The normalized spacial score (nSPS) is 17.2. The summed E-state index contributed by atoms with van der Waals surface area (Å²) in [5.41, 5.74) is 1.45. The van der Waals surface area contributed by atoms with Gasteiger partial charge in [0.25, 0.3) is 0 Å². The number of aromatic nitrogens is 2. The van der Waals surface area contributed by atoms with Crippen LogP contribution in [0.5, 0.6) is 5.75 Å². The highest BCUT2D eigenvalue weighted by Crippen LogP contribution is 2.28. The summed E-state index contributed by atoms with van der Waals surface area (Å²) in [7, 11) is 1.50. The highest BCUT2D eigenvalue weighted by molar-refractivity contribution is 6.00. The molecule has 1 saturated heterocycles. The van der Waals surface area contributed by atoms with E-state index in [1.807, 2.05) is 30.5 Å². The number of halogens is 1. The number of piperidine rings is 1. The molecule has 2 aromatic heterocycles. The molecule has 1 aliphatic rings. The van der Waals surface area contributed by atoms with Gasteiger partial charge in [-0.3, -0.25) is 9.69 Å². The number of hydrogen-bond donors (Lipinski definition) is 0. The van der Waals surface area contributed by atoms with Crippen LogP contribution >= 0.6 is 0 Å². The molecule has 5 nitrogen and oxygen atoms in total. The van der Waals surface area contributed by atoms with Crippen LogP contribution < -0.4 is 4.74 Å². The molecule has 0 aliphatic carbocycles. The number of ether oxygens (including phenoxy) is 1. The van der Waals surface area contributed by atoms with Crippen LogP contribution in [0, 0.1) is 11.7 Å². The summed E-state index contributed by atoms with van der Waals surface area (Å²) in [6, 6.07) is 14.0. The number of rotatable bonds is 6. The summed E-state index contributed by atoms with van der Waals surface area (Å²) in [5, 5.41) is 0. The monoisotopic (exact) mass is 393 g/mol. The van der Waals surface area contributed by atoms with Gasteiger partial charge in [0.05, 0.1) is 12.7 Å². The number of carbonyl (C=O) groups excluding carboxylic acids is 1. The van der Waals surface area contributed by atoms with Crippen molar-refractivity contribution in [1.82, 2.24) is 14.5 Å². The first kappa shape index (κ1) is 19.3. The maximum absolute atomic E-state index is 13.7. The fourth-order valence-corrected chi connectivity index (χ4v) is 4.00. The minimum atomic E-state index is -0.421. The Morgan fingerprint density at radius 1 is 1.24 bits per heavy atom. The maximum Gasteiger partial charge on any atom is 0.171 e. The van der Waals surface area contributed by atoms with Gasteiger partial charge in [-0.2, -0.15) is 0 Å².